The predicted molar refractivity (Wildman–Crippen MR) is 79.1 cm³/mol. The monoisotopic (exact) mass is 309 g/mol. The average molecular weight is 309 g/mol. The summed E-state index contributed by atoms with van der Waals surface area (Å²) in [5, 5.41) is 3.81. The van der Waals surface area contributed by atoms with E-state index in [1.165, 1.54) is 0 Å². The summed E-state index contributed by atoms with van der Waals surface area (Å²) in [6.45, 7) is 5.74. The van der Waals surface area contributed by atoms with Crippen molar-refractivity contribution in [1.82, 2.24) is 9.88 Å². The van der Waals surface area contributed by atoms with Crippen molar-refractivity contribution in [1.29, 1.82) is 0 Å². The molecule has 0 amide bonds. The number of rotatable bonds is 5. The minimum absolute atomic E-state index is 0.149. The Labute approximate surface area is 124 Å². The summed E-state index contributed by atoms with van der Waals surface area (Å²) in [6, 6.07) is 5.09. The summed E-state index contributed by atoms with van der Waals surface area (Å²) < 4.78 is 32.5. The maximum absolute atomic E-state index is 12.4. The lowest BCUT2D eigenvalue weighted by molar-refractivity contribution is 0.392. The van der Waals surface area contributed by atoms with Gasteiger partial charge in [-0.25, -0.2) is 13.1 Å². The highest BCUT2D eigenvalue weighted by Gasteiger charge is 2.19. The zero-order chi connectivity index (χ0) is 15.6. The highest BCUT2D eigenvalue weighted by atomic mass is 32.2. The Morgan fingerprint density at radius 3 is 2.57 bits per heavy atom. The molecule has 7 heteroatoms. The first kappa shape index (κ1) is 15.7. The highest BCUT2D eigenvalue weighted by Crippen LogP contribution is 2.19. The van der Waals surface area contributed by atoms with Gasteiger partial charge in [0.15, 0.2) is 0 Å². The molecule has 0 unspecified atom stereocenters. The smallest absolute Gasteiger partial charge is 0.241 e. The largest absolute Gasteiger partial charge is 0.361 e. The summed E-state index contributed by atoms with van der Waals surface area (Å²) in [5.74, 6) is 0.614. The van der Waals surface area contributed by atoms with Gasteiger partial charge in [-0.2, -0.15) is 0 Å². The van der Waals surface area contributed by atoms with E-state index in [4.69, 9.17) is 10.3 Å². The highest BCUT2D eigenvalue weighted by molar-refractivity contribution is 7.89. The number of aromatic nitrogens is 1. The van der Waals surface area contributed by atoms with Crippen molar-refractivity contribution in [3.8, 4) is 0 Å². The van der Waals surface area contributed by atoms with Gasteiger partial charge in [-0.3, -0.25) is 0 Å². The average Bonchev–Trinajstić information content (AvgIpc) is 2.76. The number of sulfonamides is 1. The van der Waals surface area contributed by atoms with E-state index < -0.39 is 10.0 Å². The third-order valence-electron chi connectivity index (χ3n) is 3.53. The quantitative estimate of drug-likeness (QED) is 0.873. The molecule has 1 aromatic heterocycles. The Balaban J connectivity index is 2.27. The Hall–Kier alpha value is -1.70. The molecule has 2 rings (SSSR count). The van der Waals surface area contributed by atoms with Crippen LogP contribution < -0.4 is 10.5 Å². The fraction of sp³-hybridized carbons (Fsp3) is 0.357. The van der Waals surface area contributed by atoms with Crippen LogP contribution in [0.3, 0.4) is 0 Å². The maximum Gasteiger partial charge on any atom is 0.241 e. The van der Waals surface area contributed by atoms with E-state index in [0.717, 1.165) is 11.1 Å². The number of hydrogen-bond acceptors (Lipinski definition) is 5. The third-order valence-corrected chi connectivity index (χ3v) is 5.07. The normalized spacial score (nSPS) is 11.8. The van der Waals surface area contributed by atoms with Gasteiger partial charge in [-0.1, -0.05) is 17.3 Å². The molecule has 0 aliphatic heterocycles. The van der Waals surface area contributed by atoms with Crippen molar-refractivity contribution in [3.05, 3.63) is 46.3 Å². The standard InChI is InChI=1S/C14H19N3O3S/c1-9-12(7-15)5-4-6-14(9)21(18,19)16-8-13-10(2)17-20-11(13)3/h4-6,16H,7-8,15H2,1-3H3. The molecule has 0 fully saturated rings. The number of nitrogens with zero attached hydrogens (tertiary/aromatic N) is 1. The van der Waals surface area contributed by atoms with Crippen molar-refractivity contribution in [2.45, 2.75) is 38.8 Å². The number of hydrogen-bond donors (Lipinski definition) is 2. The SMILES string of the molecule is Cc1noc(C)c1CNS(=O)(=O)c1cccc(CN)c1C. The molecule has 0 aliphatic carbocycles. The van der Waals surface area contributed by atoms with E-state index in [1.807, 2.05) is 6.07 Å². The van der Waals surface area contributed by atoms with Crippen LogP contribution >= 0.6 is 0 Å². The number of nitrogens with one attached hydrogen (secondary N) is 1. The van der Waals surface area contributed by atoms with Gasteiger partial charge in [0.05, 0.1) is 10.6 Å². The van der Waals surface area contributed by atoms with Crippen molar-refractivity contribution < 1.29 is 12.9 Å². The van der Waals surface area contributed by atoms with Gasteiger partial charge in [0.1, 0.15) is 5.76 Å². The van der Waals surface area contributed by atoms with Crippen LogP contribution in [0.15, 0.2) is 27.6 Å². The molecule has 0 atom stereocenters. The van der Waals surface area contributed by atoms with Gasteiger partial charge < -0.3 is 10.3 Å². The van der Waals surface area contributed by atoms with Crippen molar-refractivity contribution in [2.24, 2.45) is 5.73 Å². The fourth-order valence-corrected chi connectivity index (χ4v) is 3.45. The lowest BCUT2D eigenvalue weighted by Crippen LogP contribution is -2.25. The second-order valence-corrected chi connectivity index (χ2v) is 6.61. The second kappa shape index (κ2) is 5.97. The molecule has 0 radical (unpaired) electrons. The van der Waals surface area contributed by atoms with Crippen LogP contribution in [0, 0.1) is 20.8 Å². The molecule has 114 valence electrons. The van der Waals surface area contributed by atoms with Crippen LogP contribution in [-0.4, -0.2) is 13.6 Å². The molecule has 0 saturated carbocycles. The first-order chi connectivity index (χ1) is 9.86. The van der Waals surface area contributed by atoms with Crippen LogP contribution in [0.5, 0.6) is 0 Å². The summed E-state index contributed by atoms with van der Waals surface area (Å²) in [6.07, 6.45) is 0. The van der Waals surface area contributed by atoms with Crippen LogP contribution in [-0.2, 0) is 23.1 Å². The Morgan fingerprint density at radius 2 is 2.00 bits per heavy atom. The van der Waals surface area contributed by atoms with Gasteiger partial charge in [0, 0.05) is 18.7 Å². The van der Waals surface area contributed by atoms with Crippen LogP contribution in [0.1, 0.15) is 28.1 Å². The molecule has 1 heterocycles. The topological polar surface area (TPSA) is 98.2 Å². The Bertz CT molecular complexity index is 731. The lowest BCUT2D eigenvalue weighted by Gasteiger charge is -2.11. The fourth-order valence-electron chi connectivity index (χ4n) is 2.17. The number of nitrogens with two attached hydrogens (primary N) is 1. The minimum Gasteiger partial charge on any atom is -0.361 e. The first-order valence-electron chi connectivity index (χ1n) is 6.56. The molecular formula is C14H19N3O3S. The van der Waals surface area contributed by atoms with E-state index in [0.29, 0.717) is 23.6 Å². The summed E-state index contributed by atoms with van der Waals surface area (Å²) in [5.41, 5.74) is 8.54. The molecule has 0 bridgehead atoms. The van der Waals surface area contributed by atoms with E-state index in [-0.39, 0.29) is 11.4 Å². The maximum atomic E-state index is 12.4. The third kappa shape index (κ3) is 3.15. The van der Waals surface area contributed by atoms with E-state index in [1.54, 1.807) is 32.9 Å². The van der Waals surface area contributed by atoms with Gasteiger partial charge in [-0.05, 0) is 38.0 Å². The van der Waals surface area contributed by atoms with E-state index >= 15 is 0 Å². The molecule has 2 aromatic rings. The van der Waals surface area contributed by atoms with Gasteiger partial charge >= 0.3 is 0 Å². The second-order valence-electron chi connectivity index (χ2n) is 4.87. The van der Waals surface area contributed by atoms with Gasteiger partial charge in [0.25, 0.3) is 0 Å². The molecule has 0 saturated heterocycles. The first-order valence-corrected chi connectivity index (χ1v) is 8.05. The summed E-state index contributed by atoms with van der Waals surface area (Å²) >= 11 is 0. The Morgan fingerprint density at radius 1 is 1.29 bits per heavy atom. The van der Waals surface area contributed by atoms with Crippen LogP contribution in [0.25, 0.3) is 0 Å². The summed E-state index contributed by atoms with van der Waals surface area (Å²) in [4.78, 5) is 0.247. The van der Waals surface area contributed by atoms with Crippen LogP contribution in [0.4, 0.5) is 0 Å². The van der Waals surface area contributed by atoms with Crippen molar-refractivity contribution in [2.75, 3.05) is 0 Å². The van der Waals surface area contributed by atoms with Gasteiger partial charge in [0.2, 0.25) is 10.0 Å². The number of benzene rings is 1. The molecule has 6 nitrogen and oxygen atoms in total. The van der Waals surface area contributed by atoms with E-state index in [9.17, 15) is 8.42 Å². The van der Waals surface area contributed by atoms with Gasteiger partial charge in [-0.15, -0.1) is 0 Å². The molecule has 0 aliphatic rings. The van der Waals surface area contributed by atoms with E-state index in [2.05, 4.69) is 9.88 Å². The molecule has 1 aromatic carbocycles. The van der Waals surface area contributed by atoms with Crippen LogP contribution in [0.2, 0.25) is 0 Å². The molecular weight excluding hydrogens is 290 g/mol. The van der Waals surface area contributed by atoms with Crippen molar-refractivity contribution >= 4 is 10.0 Å². The molecule has 21 heavy (non-hydrogen) atoms. The minimum atomic E-state index is -3.61. The zero-order valence-corrected chi connectivity index (χ0v) is 13.1. The number of aryl methyl sites for hydroxylation is 2. The summed E-state index contributed by atoms with van der Waals surface area (Å²) in [7, 11) is -3.61. The lowest BCUT2D eigenvalue weighted by atomic mass is 10.1. The predicted octanol–water partition coefficient (Wildman–Crippen LogP) is 1.54. The van der Waals surface area contributed by atoms with Crippen molar-refractivity contribution in [3.63, 3.8) is 0 Å². The molecule has 0 spiro atoms. The zero-order valence-electron chi connectivity index (χ0n) is 12.3. The Kier molecular flexibility index (Phi) is 4.46. The molecule has 3 N–H and O–H groups in total.